The lowest BCUT2D eigenvalue weighted by Gasteiger charge is -2.26. The van der Waals surface area contributed by atoms with Crippen molar-refractivity contribution in [1.29, 1.82) is 0 Å². The van der Waals surface area contributed by atoms with E-state index in [0.717, 1.165) is 0 Å². The topological polar surface area (TPSA) is 79.0 Å². The van der Waals surface area contributed by atoms with Gasteiger partial charge in [0.1, 0.15) is 0 Å². The maximum absolute atomic E-state index is 12.5. The Morgan fingerprint density at radius 2 is 1.95 bits per heavy atom. The third kappa shape index (κ3) is 3.79. The molecule has 2 rings (SSSR count). The summed E-state index contributed by atoms with van der Waals surface area (Å²) in [5.41, 5.74) is 2.89. The average molecular weight is 313 g/mol. The van der Waals surface area contributed by atoms with E-state index >= 15 is 0 Å². The Balaban J connectivity index is 2.25. The number of carbonyl (C=O) groups excluding carboxylic acids is 1. The van der Waals surface area contributed by atoms with Crippen LogP contribution in [0, 0.1) is 0 Å². The monoisotopic (exact) mass is 313 g/mol. The molecule has 21 heavy (non-hydrogen) atoms. The van der Waals surface area contributed by atoms with E-state index in [2.05, 4.69) is 5.43 Å². The molecule has 1 heterocycles. The summed E-state index contributed by atoms with van der Waals surface area (Å²) in [6, 6.07) is 6.04. The summed E-state index contributed by atoms with van der Waals surface area (Å²) in [5.74, 6) is -0.348. The highest BCUT2D eigenvalue weighted by Gasteiger charge is 2.26. The number of hydrazine groups is 1. The Labute approximate surface area is 124 Å². The maximum atomic E-state index is 12.5. The first-order valence-corrected chi connectivity index (χ1v) is 8.01. The molecule has 7 nitrogen and oxygen atoms in total. The lowest BCUT2D eigenvalue weighted by Crippen LogP contribution is -2.40. The van der Waals surface area contributed by atoms with Crippen molar-refractivity contribution >= 4 is 15.9 Å². The van der Waals surface area contributed by atoms with Crippen LogP contribution < -0.4 is 5.43 Å². The lowest BCUT2D eigenvalue weighted by molar-refractivity contribution is 0.0730. The standard InChI is InChI=1S/C13H19N3O4S/c1-15(2)14-13(17)11-4-3-5-12(10-11)21(18,19)16-6-8-20-9-7-16/h3-5,10H,6-9H2,1-2H3,(H,14,17). The molecule has 0 aliphatic carbocycles. The fourth-order valence-electron chi connectivity index (χ4n) is 2.00. The Morgan fingerprint density at radius 1 is 1.29 bits per heavy atom. The highest BCUT2D eigenvalue weighted by atomic mass is 32.2. The molecule has 1 saturated heterocycles. The normalized spacial score (nSPS) is 16.9. The van der Waals surface area contributed by atoms with E-state index in [4.69, 9.17) is 4.74 Å². The molecule has 0 atom stereocenters. The first-order valence-electron chi connectivity index (χ1n) is 6.57. The van der Waals surface area contributed by atoms with E-state index in [1.54, 1.807) is 26.2 Å². The molecule has 1 aromatic rings. The number of sulfonamides is 1. The van der Waals surface area contributed by atoms with Crippen LogP contribution in [0.5, 0.6) is 0 Å². The molecule has 0 saturated carbocycles. The molecule has 0 unspecified atom stereocenters. The number of hydrogen-bond acceptors (Lipinski definition) is 5. The van der Waals surface area contributed by atoms with Gasteiger partial charge >= 0.3 is 0 Å². The summed E-state index contributed by atoms with van der Waals surface area (Å²) in [6.45, 7) is 1.44. The van der Waals surface area contributed by atoms with E-state index in [-0.39, 0.29) is 10.8 Å². The lowest BCUT2D eigenvalue weighted by atomic mass is 10.2. The van der Waals surface area contributed by atoms with Crippen molar-refractivity contribution in [3.8, 4) is 0 Å². The Hall–Kier alpha value is -1.48. The van der Waals surface area contributed by atoms with Gasteiger partial charge in [-0.2, -0.15) is 4.31 Å². The van der Waals surface area contributed by atoms with Gasteiger partial charge in [0.2, 0.25) is 10.0 Å². The first-order chi connectivity index (χ1) is 9.91. The fraction of sp³-hybridized carbons (Fsp3) is 0.462. The van der Waals surface area contributed by atoms with Crippen LogP contribution in [0.3, 0.4) is 0 Å². The molecule has 0 aromatic heterocycles. The summed E-state index contributed by atoms with van der Waals surface area (Å²) in [4.78, 5) is 12.1. The van der Waals surface area contributed by atoms with Gasteiger partial charge in [-0.25, -0.2) is 13.4 Å². The minimum absolute atomic E-state index is 0.121. The van der Waals surface area contributed by atoms with E-state index in [9.17, 15) is 13.2 Å². The molecule has 1 aliphatic rings. The number of rotatable bonds is 4. The average Bonchev–Trinajstić information content (AvgIpc) is 2.47. The third-order valence-corrected chi connectivity index (χ3v) is 4.92. The van der Waals surface area contributed by atoms with Gasteiger partial charge in [-0.15, -0.1) is 0 Å². The van der Waals surface area contributed by atoms with Crippen LogP contribution in [0.2, 0.25) is 0 Å². The third-order valence-electron chi connectivity index (χ3n) is 3.03. The number of nitrogens with zero attached hydrogens (tertiary/aromatic N) is 2. The molecule has 1 fully saturated rings. The maximum Gasteiger partial charge on any atom is 0.265 e. The second-order valence-electron chi connectivity index (χ2n) is 4.88. The molecule has 1 aliphatic heterocycles. The summed E-state index contributed by atoms with van der Waals surface area (Å²) in [7, 11) is -0.213. The highest BCUT2D eigenvalue weighted by molar-refractivity contribution is 7.89. The molecule has 0 radical (unpaired) electrons. The van der Waals surface area contributed by atoms with Crippen LogP contribution in [-0.2, 0) is 14.8 Å². The summed E-state index contributed by atoms with van der Waals surface area (Å²) in [5, 5.41) is 1.51. The van der Waals surface area contributed by atoms with Crippen LogP contribution in [0.4, 0.5) is 0 Å². The van der Waals surface area contributed by atoms with Crippen molar-refractivity contribution in [3.63, 3.8) is 0 Å². The second-order valence-corrected chi connectivity index (χ2v) is 6.82. The Morgan fingerprint density at radius 3 is 2.57 bits per heavy atom. The molecule has 0 bridgehead atoms. The highest BCUT2D eigenvalue weighted by Crippen LogP contribution is 2.18. The first kappa shape index (κ1) is 15.9. The number of nitrogens with one attached hydrogen (secondary N) is 1. The fourth-order valence-corrected chi connectivity index (χ4v) is 3.46. The van der Waals surface area contributed by atoms with Crippen LogP contribution in [-0.4, -0.2) is 64.0 Å². The molecule has 0 spiro atoms. The van der Waals surface area contributed by atoms with Crippen molar-refractivity contribution in [2.45, 2.75) is 4.90 Å². The molecular weight excluding hydrogens is 294 g/mol. The molecule has 1 aromatic carbocycles. The van der Waals surface area contributed by atoms with Crippen LogP contribution in [0.1, 0.15) is 10.4 Å². The largest absolute Gasteiger partial charge is 0.379 e. The van der Waals surface area contributed by atoms with E-state index in [0.29, 0.717) is 31.9 Å². The number of benzene rings is 1. The van der Waals surface area contributed by atoms with Gasteiger partial charge in [-0.1, -0.05) is 6.07 Å². The quantitative estimate of drug-likeness (QED) is 0.786. The van der Waals surface area contributed by atoms with Gasteiger partial charge < -0.3 is 4.74 Å². The van der Waals surface area contributed by atoms with Gasteiger partial charge in [0.15, 0.2) is 0 Å². The summed E-state index contributed by atoms with van der Waals surface area (Å²) < 4.78 is 31.6. The van der Waals surface area contributed by atoms with Crippen LogP contribution >= 0.6 is 0 Å². The predicted octanol–water partition coefficient (Wildman–Crippen LogP) is -0.0861. The summed E-state index contributed by atoms with van der Waals surface area (Å²) in [6.07, 6.45) is 0. The zero-order chi connectivity index (χ0) is 15.5. The number of ether oxygens (including phenoxy) is 1. The SMILES string of the molecule is CN(C)NC(=O)c1cccc(S(=O)(=O)N2CCOCC2)c1. The second kappa shape index (κ2) is 6.52. The predicted molar refractivity (Wildman–Crippen MR) is 77.2 cm³/mol. The number of amides is 1. The Kier molecular flexibility index (Phi) is 4.94. The number of hydrogen-bond donors (Lipinski definition) is 1. The molecule has 1 N–H and O–H groups in total. The molecule has 116 valence electrons. The minimum atomic E-state index is -3.59. The van der Waals surface area contributed by atoms with E-state index in [1.807, 2.05) is 0 Å². The van der Waals surface area contributed by atoms with E-state index in [1.165, 1.54) is 21.4 Å². The van der Waals surface area contributed by atoms with Gasteiger partial charge in [-0.3, -0.25) is 10.2 Å². The van der Waals surface area contributed by atoms with Crippen molar-refractivity contribution in [3.05, 3.63) is 29.8 Å². The van der Waals surface area contributed by atoms with Gasteiger partial charge in [0.05, 0.1) is 18.1 Å². The number of morpholine rings is 1. The van der Waals surface area contributed by atoms with Crippen molar-refractivity contribution in [2.75, 3.05) is 40.4 Å². The molecule has 1 amide bonds. The van der Waals surface area contributed by atoms with Gasteiger partial charge in [0, 0.05) is 32.7 Å². The molecular formula is C13H19N3O4S. The minimum Gasteiger partial charge on any atom is -0.379 e. The zero-order valence-corrected chi connectivity index (χ0v) is 12.9. The van der Waals surface area contributed by atoms with Crippen molar-refractivity contribution < 1.29 is 17.9 Å². The van der Waals surface area contributed by atoms with Crippen molar-refractivity contribution in [2.24, 2.45) is 0 Å². The van der Waals surface area contributed by atoms with Crippen molar-refractivity contribution in [1.82, 2.24) is 14.7 Å². The van der Waals surface area contributed by atoms with Gasteiger partial charge in [-0.05, 0) is 18.2 Å². The van der Waals surface area contributed by atoms with Crippen LogP contribution in [0.25, 0.3) is 0 Å². The van der Waals surface area contributed by atoms with E-state index < -0.39 is 10.0 Å². The van der Waals surface area contributed by atoms with Crippen LogP contribution in [0.15, 0.2) is 29.2 Å². The van der Waals surface area contributed by atoms with Gasteiger partial charge in [0.25, 0.3) is 5.91 Å². The Bertz CT molecular complexity index is 610. The zero-order valence-electron chi connectivity index (χ0n) is 12.1. The molecule has 8 heteroatoms. The number of carbonyl (C=O) groups is 1. The summed E-state index contributed by atoms with van der Waals surface area (Å²) >= 11 is 0. The smallest absolute Gasteiger partial charge is 0.265 e.